The Morgan fingerprint density at radius 3 is 2.86 bits per heavy atom. The van der Waals surface area contributed by atoms with E-state index in [-0.39, 0.29) is 11.6 Å². The third kappa shape index (κ3) is 1.62. The molecule has 0 bridgehead atoms. The molecule has 1 aliphatic heterocycles. The van der Waals surface area contributed by atoms with Gasteiger partial charge in [0.05, 0.1) is 5.00 Å². The van der Waals surface area contributed by atoms with Crippen LogP contribution in [-0.4, -0.2) is 23.0 Å². The molecule has 0 unspecified atom stereocenters. The summed E-state index contributed by atoms with van der Waals surface area (Å²) >= 11 is 1.54. The summed E-state index contributed by atoms with van der Waals surface area (Å²) < 4.78 is 0. The van der Waals surface area contributed by atoms with E-state index in [1.54, 1.807) is 11.3 Å². The second-order valence-corrected chi connectivity index (χ2v) is 5.07. The summed E-state index contributed by atoms with van der Waals surface area (Å²) in [5.74, 6) is 0. The summed E-state index contributed by atoms with van der Waals surface area (Å²) in [7, 11) is 0. The number of likely N-dealkylation sites (tertiary alicyclic amines) is 1. The van der Waals surface area contributed by atoms with Crippen LogP contribution in [0.15, 0.2) is 17.5 Å². The van der Waals surface area contributed by atoms with Gasteiger partial charge >= 0.3 is 6.03 Å². The van der Waals surface area contributed by atoms with Crippen molar-refractivity contribution < 1.29 is 4.79 Å². The lowest BCUT2D eigenvalue weighted by molar-refractivity contribution is 0.0611. The molecule has 1 fully saturated rings. The van der Waals surface area contributed by atoms with Gasteiger partial charge in [-0.3, -0.25) is 5.32 Å². The first-order valence-electron chi connectivity index (χ1n) is 4.72. The molecule has 0 radical (unpaired) electrons. The Morgan fingerprint density at radius 1 is 1.64 bits per heavy atom. The number of amides is 2. The standard InChI is InChI=1S/C10H14N2OS/c1-10(2)5-6-12(10)9(13)11-8-4-3-7-14-8/h3-4,7H,5-6H2,1-2H3,(H,11,13). The molecule has 1 aliphatic rings. The molecule has 2 heterocycles. The first-order valence-corrected chi connectivity index (χ1v) is 5.60. The van der Waals surface area contributed by atoms with Crippen LogP contribution in [-0.2, 0) is 0 Å². The van der Waals surface area contributed by atoms with Gasteiger partial charge in [-0.25, -0.2) is 4.79 Å². The minimum absolute atomic E-state index is 0.0173. The van der Waals surface area contributed by atoms with Gasteiger partial charge in [-0.15, -0.1) is 11.3 Å². The van der Waals surface area contributed by atoms with Crippen molar-refractivity contribution in [2.75, 3.05) is 11.9 Å². The number of anilines is 1. The normalized spacial score (nSPS) is 18.9. The van der Waals surface area contributed by atoms with Crippen LogP contribution >= 0.6 is 11.3 Å². The van der Waals surface area contributed by atoms with Crippen LogP contribution in [0.2, 0.25) is 0 Å². The smallest absolute Gasteiger partial charge is 0.319 e. The van der Waals surface area contributed by atoms with Gasteiger partial charge in [0.15, 0.2) is 0 Å². The predicted octanol–water partition coefficient (Wildman–Crippen LogP) is 2.76. The van der Waals surface area contributed by atoms with Crippen molar-refractivity contribution in [1.82, 2.24) is 4.90 Å². The maximum atomic E-state index is 11.7. The summed E-state index contributed by atoms with van der Waals surface area (Å²) in [6.07, 6.45) is 1.09. The first-order chi connectivity index (χ1) is 6.59. The molecular formula is C10H14N2OS. The lowest BCUT2D eigenvalue weighted by Crippen LogP contribution is -2.59. The van der Waals surface area contributed by atoms with Gasteiger partial charge in [-0.05, 0) is 37.8 Å². The van der Waals surface area contributed by atoms with E-state index in [1.165, 1.54) is 0 Å². The van der Waals surface area contributed by atoms with E-state index in [0.29, 0.717) is 0 Å². The van der Waals surface area contributed by atoms with E-state index >= 15 is 0 Å². The molecule has 0 atom stereocenters. The lowest BCUT2D eigenvalue weighted by atomic mass is 9.90. The predicted molar refractivity (Wildman–Crippen MR) is 58.7 cm³/mol. The molecule has 3 nitrogen and oxygen atoms in total. The highest BCUT2D eigenvalue weighted by atomic mass is 32.1. The number of carbonyl (C=O) groups excluding carboxylic acids is 1. The van der Waals surface area contributed by atoms with Crippen molar-refractivity contribution in [3.05, 3.63) is 17.5 Å². The molecule has 2 rings (SSSR count). The number of hydrogen-bond donors (Lipinski definition) is 1. The van der Waals surface area contributed by atoms with E-state index in [4.69, 9.17) is 0 Å². The largest absolute Gasteiger partial charge is 0.322 e. The Hall–Kier alpha value is -1.03. The molecule has 4 heteroatoms. The fraction of sp³-hybridized carbons (Fsp3) is 0.500. The average Bonchev–Trinajstić information content (AvgIpc) is 2.55. The van der Waals surface area contributed by atoms with E-state index in [2.05, 4.69) is 19.2 Å². The van der Waals surface area contributed by atoms with Crippen molar-refractivity contribution in [2.45, 2.75) is 25.8 Å². The SMILES string of the molecule is CC1(C)CCN1C(=O)Nc1cccs1. The molecule has 0 spiro atoms. The van der Waals surface area contributed by atoms with Crippen molar-refractivity contribution in [1.29, 1.82) is 0 Å². The third-order valence-electron chi connectivity index (χ3n) is 2.67. The van der Waals surface area contributed by atoms with Crippen molar-refractivity contribution in [3.8, 4) is 0 Å². The molecule has 1 aromatic rings. The second kappa shape index (κ2) is 3.28. The molecule has 0 saturated carbocycles. The first kappa shape index (κ1) is 9.52. The zero-order valence-electron chi connectivity index (χ0n) is 8.41. The summed E-state index contributed by atoms with van der Waals surface area (Å²) in [6, 6.07) is 3.86. The maximum Gasteiger partial charge on any atom is 0.322 e. The number of hydrogen-bond acceptors (Lipinski definition) is 2. The summed E-state index contributed by atoms with van der Waals surface area (Å²) in [6.45, 7) is 5.04. The van der Waals surface area contributed by atoms with Gasteiger partial charge in [0.1, 0.15) is 0 Å². The monoisotopic (exact) mass is 210 g/mol. The molecule has 1 aromatic heterocycles. The molecule has 0 aliphatic carbocycles. The highest BCUT2D eigenvalue weighted by Gasteiger charge is 2.39. The summed E-state index contributed by atoms with van der Waals surface area (Å²) in [5, 5.41) is 5.75. The minimum atomic E-state index is 0.0173. The maximum absolute atomic E-state index is 11.7. The van der Waals surface area contributed by atoms with Gasteiger partial charge < -0.3 is 4.90 Å². The van der Waals surface area contributed by atoms with Gasteiger partial charge in [-0.1, -0.05) is 0 Å². The van der Waals surface area contributed by atoms with Crippen LogP contribution in [0.5, 0.6) is 0 Å². The Kier molecular flexibility index (Phi) is 2.23. The highest BCUT2D eigenvalue weighted by Crippen LogP contribution is 2.30. The molecular weight excluding hydrogens is 196 g/mol. The Morgan fingerprint density at radius 2 is 2.43 bits per heavy atom. The number of thiophene rings is 1. The molecule has 14 heavy (non-hydrogen) atoms. The van der Waals surface area contributed by atoms with E-state index in [0.717, 1.165) is 18.0 Å². The van der Waals surface area contributed by atoms with Crippen molar-refractivity contribution >= 4 is 22.4 Å². The van der Waals surface area contributed by atoms with Crippen LogP contribution in [0.1, 0.15) is 20.3 Å². The van der Waals surface area contributed by atoms with E-state index in [9.17, 15) is 4.79 Å². The zero-order valence-corrected chi connectivity index (χ0v) is 9.23. The summed E-state index contributed by atoms with van der Waals surface area (Å²) in [5.41, 5.74) is 0.0291. The van der Waals surface area contributed by atoms with Gasteiger partial charge in [0.2, 0.25) is 0 Å². The van der Waals surface area contributed by atoms with Gasteiger partial charge in [0, 0.05) is 12.1 Å². The van der Waals surface area contributed by atoms with Gasteiger partial charge in [0.25, 0.3) is 0 Å². The van der Waals surface area contributed by atoms with Crippen LogP contribution < -0.4 is 5.32 Å². The summed E-state index contributed by atoms with van der Waals surface area (Å²) in [4.78, 5) is 13.6. The molecule has 2 amide bonds. The topological polar surface area (TPSA) is 32.3 Å². The number of nitrogens with one attached hydrogen (secondary N) is 1. The molecule has 1 saturated heterocycles. The van der Waals surface area contributed by atoms with E-state index in [1.807, 2.05) is 22.4 Å². The molecule has 0 aromatic carbocycles. The fourth-order valence-corrected chi connectivity index (χ4v) is 2.18. The lowest BCUT2D eigenvalue weighted by Gasteiger charge is -2.48. The number of rotatable bonds is 1. The van der Waals surface area contributed by atoms with Crippen molar-refractivity contribution in [2.24, 2.45) is 0 Å². The Labute approximate surface area is 87.7 Å². The highest BCUT2D eigenvalue weighted by molar-refractivity contribution is 7.14. The molecule has 76 valence electrons. The number of nitrogens with zero attached hydrogens (tertiary/aromatic N) is 1. The minimum Gasteiger partial charge on any atom is -0.319 e. The Balaban J connectivity index is 1.97. The fourth-order valence-electron chi connectivity index (χ4n) is 1.57. The van der Waals surface area contributed by atoms with Gasteiger partial charge in [-0.2, -0.15) is 0 Å². The van der Waals surface area contributed by atoms with Crippen molar-refractivity contribution in [3.63, 3.8) is 0 Å². The third-order valence-corrected chi connectivity index (χ3v) is 3.46. The van der Waals surface area contributed by atoms with Crippen LogP contribution in [0.4, 0.5) is 9.80 Å². The van der Waals surface area contributed by atoms with E-state index < -0.39 is 0 Å². The quantitative estimate of drug-likeness (QED) is 0.759. The Bertz CT molecular complexity index is 332. The molecule has 1 N–H and O–H groups in total. The van der Waals surface area contributed by atoms with Crippen LogP contribution in [0, 0.1) is 0 Å². The second-order valence-electron chi connectivity index (χ2n) is 4.12. The van der Waals surface area contributed by atoms with Crippen LogP contribution in [0.3, 0.4) is 0 Å². The number of urea groups is 1. The average molecular weight is 210 g/mol. The number of carbonyl (C=O) groups is 1. The zero-order chi connectivity index (χ0) is 10.2. The van der Waals surface area contributed by atoms with Crippen LogP contribution in [0.25, 0.3) is 0 Å².